The standard InChI is InChI=1S/C10H15N3O2S2/c14-8(15)6-16-10-13-12-9(17-10)11-7-4-2-1-3-5-7/h7H,1-6H2,(H,11,12)(H,14,15). The molecule has 2 N–H and O–H groups in total. The van der Waals surface area contributed by atoms with Crippen LogP contribution < -0.4 is 5.32 Å². The molecular formula is C10H15N3O2S2. The molecule has 0 amide bonds. The lowest BCUT2D eigenvalue weighted by Crippen LogP contribution is -2.21. The molecule has 5 nitrogen and oxygen atoms in total. The molecule has 94 valence electrons. The summed E-state index contributed by atoms with van der Waals surface area (Å²) in [5.74, 6) is -0.787. The van der Waals surface area contributed by atoms with Crippen molar-refractivity contribution in [1.29, 1.82) is 0 Å². The number of carboxylic acid groups (broad SMARTS) is 1. The Morgan fingerprint density at radius 3 is 2.88 bits per heavy atom. The molecule has 1 aliphatic rings. The summed E-state index contributed by atoms with van der Waals surface area (Å²) in [6.45, 7) is 0. The molecule has 1 fully saturated rings. The largest absolute Gasteiger partial charge is 0.481 e. The van der Waals surface area contributed by atoms with E-state index in [2.05, 4.69) is 15.5 Å². The highest BCUT2D eigenvalue weighted by atomic mass is 32.2. The number of rotatable bonds is 5. The van der Waals surface area contributed by atoms with Gasteiger partial charge in [-0.3, -0.25) is 4.79 Å². The van der Waals surface area contributed by atoms with Gasteiger partial charge in [0.15, 0.2) is 4.34 Å². The van der Waals surface area contributed by atoms with E-state index < -0.39 is 5.97 Å². The SMILES string of the molecule is O=C(O)CSc1nnc(NC2CCCCC2)s1. The first kappa shape index (κ1) is 12.6. The Kier molecular flexibility index (Phi) is 4.61. The molecule has 0 bridgehead atoms. The van der Waals surface area contributed by atoms with Crippen LogP contribution in [0.4, 0.5) is 5.13 Å². The highest BCUT2D eigenvalue weighted by molar-refractivity contribution is 8.01. The van der Waals surface area contributed by atoms with Gasteiger partial charge in [-0.1, -0.05) is 42.4 Å². The number of nitrogens with zero attached hydrogens (tertiary/aromatic N) is 2. The molecule has 1 aromatic rings. The minimum atomic E-state index is -0.827. The van der Waals surface area contributed by atoms with Crippen molar-refractivity contribution in [1.82, 2.24) is 10.2 Å². The van der Waals surface area contributed by atoms with Gasteiger partial charge in [0, 0.05) is 6.04 Å². The maximum atomic E-state index is 10.4. The molecule has 0 spiro atoms. The second-order valence-corrected chi connectivity index (χ2v) is 6.23. The molecule has 0 radical (unpaired) electrons. The summed E-state index contributed by atoms with van der Waals surface area (Å²) in [5, 5.41) is 20.7. The van der Waals surface area contributed by atoms with E-state index in [-0.39, 0.29) is 5.75 Å². The summed E-state index contributed by atoms with van der Waals surface area (Å²) in [7, 11) is 0. The summed E-state index contributed by atoms with van der Waals surface area (Å²) < 4.78 is 0.714. The lowest BCUT2D eigenvalue weighted by molar-refractivity contribution is -0.133. The van der Waals surface area contributed by atoms with Crippen molar-refractivity contribution in [2.24, 2.45) is 0 Å². The Labute approximate surface area is 108 Å². The lowest BCUT2D eigenvalue weighted by Gasteiger charge is -2.21. The van der Waals surface area contributed by atoms with Crippen LogP contribution in [0.15, 0.2) is 4.34 Å². The number of aromatic nitrogens is 2. The van der Waals surface area contributed by atoms with E-state index in [1.54, 1.807) is 0 Å². The van der Waals surface area contributed by atoms with Gasteiger partial charge < -0.3 is 10.4 Å². The number of thioether (sulfide) groups is 1. The fourth-order valence-corrected chi connectivity index (χ4v) is 3.42. The number of hydrogen-bond donors (Lipinski definition) is 2. The molecule has 1 aliphatic carbocycles. The van der Waals surface area contributed by atoms with E-state index in [9.17, 15) is 4.79 Å². The van der Waals surface area contributed by atoms with Crippen LogP contribution in [0.25, 0.3) is 0 Å². The van der Waals surface area contributed by atoms with Gasteiger partial charge in [0.1, 0.15) is 0 Å². The third-order valence-corrected chi connectivity index (χ3v) is 4.63. The monoisotopic (exact) mass is 273 g/mol. The van der Waals surface area contributed by atoms with E-state index in [1.807, 2.05) is 0 Å². The highest BCUT2D eigenvalue weighted by Crippen LogP contribution is 2.28. The van der Waals surface area contributed by atoms with Gasteiger partial charge in [-0.2, -0.15) is 0 Å². The number of carbonyl (C=O) groups is 1. The molecule has 0 aliphatic heterocycles. The van der Waals surface area contributed by atoms with Crippen molar-refractivity contribution in [3.05, 3.63) is 0 Å². The molecule has 0 unspecified atom stereocenters. The summed E-state index contributed by atoms with van der Waals surface area (Å²) in [6, 6.07) is 0.508. The van der Waals surface area contributed by atoms with Crippen LogP contribution in [0.1, 0.15) is 32.1 Å². The molecule has 1 aromatic heterocycles. The summed E-state index contributed by atoms with van der Waals surface area (Å²) in [5.41, 5.74) is 0. The first-order chi connectivity index (χ1) is 8.24. The molecule has 0 atom stereocenters. The Morgan fingerprint density at radius 2 is 2.18 bits per heavy atom. The third kappa shape index (κ3) is 4.16. The summed E-state index contributed by atoms with van der Waals surface area (Å²) in [6.07, 6.45) is 6.26. The van der Waals surface area contributed by atoms with Gasteiger partial charge in [-0.05, 0) is 12.8 Å². The van der Waals surface area contributed by atoms with Gasteiger partial charge in [-0.15, -0.1) is 10.2 Å². The zero-order chi connectivity index (χ0) is 12.1. The van der Waals surface area contributed by atoms with Crippen LogP contribution in [0.3, 0.4) is 0 Å². The number of anilines is 1. The smallest absolute Gasteiger partial charge is 0.313 e. The Bertz CT molecular complexity index is 377. The average Bonchev–Trinajstić information content (AvgIpc) is 2.75. The second-order valence-electron chi connectivity index (χ2n) is 4.03. The first-order valence-electron chi connectivity index (χ1n) is 5.68. The minimum Gasteiger partial charge on any atom is -0.481 e. The highest BCUT2D eigenvalue weighted by Gasteiger charge is 2.15. The van der Waals surface area contributed by atoms with Crippen LogP contribution in [-0.4, -0.2) is 33.1 Å². The molecule has 0 aromatic carbocycles. The third-order valence-electron chi connectivity index (χ3n) is 2.66. The van der Waals surface area contributed by atoms with Crippen LogP contribution in [0.2, 0.25) is 0 Å². The maximum Gasteiger partial charge on any atom is 0.313 e. The van der Waals surface area contributed by atoms with Crippen LogP contribution in [-0.2, 0) is 4.79 Å². The minimum absolute atomic E-state index is 0.0397. The van der Waals surface area contributed by atoms with Crippen molar-refractivity contribution in [3.63, 3.8) is 0 Å². The van der Waals surface area contributed by atoms with E-state index in [0.29, 0.717) is 10.4 Å². The summed E-state index contributed by atoms with van der Waals surface area (Å²) in [4.78, 5) is 10.4. The van der Waals surface area contributed by atoms with E-state index >= 15 is 0 Å². The van der Waals surface area contributed by atoms with Crippen molar-refractivity contribution in [3.8, 4) is 0 Å². The fraction of sp³-hybridized carbons (Fsp3) is 0.700. The lowest BCUT2D eigenvalue weighted by atomic mass is 9.96. The zero-order valence-corrected chi connectivity index (χ0v) is 11.0. The van der Waals surface area contributed by atoms with Crippen molar-refractivity contribution < 1.29 is 9.90 Å². The first-order valence-corrected chi connectivity index (χ1v) is 7.49. The molecular weight excluding hydrogens is 258 g/mol. The fourth-order valence-electron chi connectivity index (χ4n) is 1.87. The molecule has 0 saturated heterocycles. The maximum absolute atomic E-state index is 10.4. The number of carboxylic acids is 1. The van der Waals surface area contributed by atoms with Crippen LogP contribution >= 0.6 is 23.1 Å². The normalized spacial score (nSPS) is 16.9. The molecule has 2 rings (SSSR count). The van der Waals surface area contributed by atoms with Crippen molar-refractivity contribution >= 4 is 34.2 Å². The van der Waals surface area contributed by atoms with E-state index in [4.69, 9.17) is 5.11 Å². The predicted octanol–water partition coefficient (Wildman–Crippen LogP) is 2.46. The predicted molar refractivity (Wildman–Crippen MR) is 68.8 cm³/mol. The van der Waals surface area contributed by atoms with Gasteiger partial charge in [0.25, 0.3) is 0 Å². The average molecular weight is 273 g/mol. The Morgan fingerprint density at radius 1 is 1.41 bits per heavy atom. The van der Waals surface area contributed by atoms with E-state index in [1.165, 1.54) is 55.2 Å². The van der Waals surface area contributed by atoms with Crippen LogP contribution in [0, 0.1) is 0 Å². The quantitative estimate of drug-likeness (QED) is 0.803. The van der Waals surface area contributed by atoms with Crippen LogP contribution in [0.5, 0.6) is 0 Å². The van der Waals surface area contributed by atoms with Crippen molar-refractivity contribution in [2.45, 2.75) is 42.5 Å². The Balaban J connectivity index is 1.82. The molecule has 17 heavy (non-hydrogen) atoms. The Hall–Kier alpha value is -0.820. The van der Waals surface area contributed by atoms with Gasteiger partial charge >= 0.3 is 5.97 Å². The van der Waals surface area contributed by atoms with Gasteiger partial charge in [0.05, 0.1) is 5.75 Å². The van der Waals surface area contributed by atoms with Crippen molar-refractivity contribution in [2.75, 3.05) is 11.1 Å². The number of nitrogens with one attached hydrogen (secondary N) is 1. The summed E-state index contributed by atoms with van der Waals surface area (Å²) >= 11 is 2.65. The topological polar surface area (TPSA) is 75.1 Å². The number of hydrogen-bond acceptors (Lipinski definition) is 6. The van der Waals surface area contributed by atoms with Gasteiger partial charge in [0.2, 0.25) is 5.13 Å². The molecule has 7 heteroatoms. The number of aliphatic carboxylic acids is 1. The molecule has 1 heterocycles. The van der Waals surface area contributed by atoms with Gasteiger partial charge in [-0.25, -0.2) is 0 Å². The zero-order valence-electron chi connectivity index (χ0n) is 9.39. The van der Waals surface area contributed by atoms with E-state index in [0.717, 1.165) is 5.13 Å². The second kappa shape index (κ2) is 6.20. The molecule has 1 saturated carbocycles.